The van der Waals surface area contributed by atoms with E-state index in [1.807, 2.05) is 38.1 Å². The van der Waals surface area contributed by atoms with E-state index in [1.54, 1.807) is 11.8 Å². The van der Waals surface area contributed by atoms with Gasteiger partial charge in [-0.05, 0) is 47.4 Å². The molecule has 3 unspecified atom stereocenters. The summed E-state index contributed by atoms with van der Waals surface area (Å²) in [5.74, 6) is -1.12. The molecule has 2 aliphatic rings. The summed E-state index contributed by atoms with van der Waals surface area (Å²) in [4.78, 5) is 38.9. The van der Waals surface area contributed by atoms with Crippen molar-refractivity contribution in [2.24, 2.45) is 11.8 Å². The van der Waals surface area contributed by atoms with Crippen LogP contribution < -0.4 is 5.32 Å². The molecule has 7 heteroatoms. The Bertz CT molecular complexity index is 1050. The average molecular weight is 465 g/mol. The second-order valence-corrected chi connectivity index (χ2v) is 9.68. The Morgan fingerprint density at radius 1 is 1.06 bits per heavy atom. The molecular formula is C27H32N2O5. The fourth-order valence-corrected chi connectivity index (χ4v) is 5.19. The molecule has 3 atom stereocenters. The topological polar surface area (TPSA) is 95.9 Å². The molecular weight excluding hydrogens is 432 g/mol. The van der Waals surface area contributed by atoms with Gasteiger partial charge in [0.25, 0.3) is 0 Å². The largest absolute Gasteiger partial charge is 0.481 e. The Morgan fingerprint density at radius 3 is 2.21 bits per heavy atom. The summed E-state index contributed by atoms with van der Waals surface area (Å²) in [5.41, 5.74) is 3.43. The number of likely N-dealkylation sites (tertiary alicyclic amines) is 1. The molecule has 180 valence electrons. The van der Waals surface area contributed by atoms with Crippen LogP contribution >= 0.6 is 0 Å². The van der Waals surface area contributed by atoms with Crippen molar-refractivity contribution < 1.29 is 24.2 Å². The van der Waals surface area contributed by atoms with Crippen LogP contribution in [0.25, 0.3) is 11.1 Å². The van der Waals surface area contributed by atoms with Gasteiger partial charge >= 0.3 is 12.1 Å². The number of ether oxygens (including phenoxy) is 1. The molecule has 2 aromatic rings. The van der Waals surface area contributed by atoms with Crippen molar-refractivity contribution in [3.05, 3.63) is 59.7 Å². The van der Waals surface area contributed by atoms with Crippen molar-refractivity contribution in [3.8, 4) is 11.1 Å². The van der Waals surface area contributed by atoms with Crippen LogP contribution in [-0.2, 0) is 14.3 Å². The van der Waals surface area contributed by atoms with Crippen molar-refractivity contribution in [1.82, 2.24) is 10.2 Å². The molecule has 1 saturated heterocycles. The molecule has 1 heterocycles. The van der Waals surface area contributed by atoms with E-state index >= 15 is 0 Å². The predicted molar refractivity (Wildman–Crippen MR) is 128 cm³/mol. The maximum Gasteiger partial charge on any atom is 0.408 e. The first-order valence-electron chi connectivity index (χ1n) is 11.9. The molecule has 7 nitrogen and oxygen atoms in total. The van der Waals surface area contributed by atoms with E-state index in [2.05, 4.69) is 29.6 Å². The maximum absolute atomic E-state index is 13.3. The number of carbonyl (C=O) groups excluding carboxylic acids is 2. The Balaban J connectivity index is 1.41. The quantitative estimate of drug-likeness (QED) is 0.638. The van der Waals surface area contributed by atoms with Gasteiger partial charge in [0, 0.05) is 19.0 Å². The summed E-state index contributed by atoms with van der Waals surface area (Å²) >= 11 is 0. The summed E-state index contributed by atoms with van der Waals surface area (Å²) in [6.07, 6.45) is -0.202. The normalized spacial score (nSPS) is 20.9. The number of carboxylic acids is 1. The van der Waals surface area contributed by atoms with E-state index in [9.17, 15) is 14.4 Å². The number of hydrogen-bond acceptors (Lipinski definition) is 4. The average Bonchev–Trinajstić information content (AvgIpc) is 3.34. The molecule has 0 bridgehead atoms. The highest BCUT2D eigenvalue weighted by molar-refractivity contribution is 5.90. The molecule has 34 heavy (non-hydrogen) atoms. The molecule has 1 fully saturated rings. The summed E-state index contributed by atoms with van der Waals surface area (Å²) < 4.78 is 5.65. The number of nitrogens with zero attached hydrogens (tertiary/aromatic N) is 1. The summed E-state index contributed by atoms with van der Waals surface area (Å²) in [7, 11) is 0. The van der Waals surface area contributed by atoms with Gasteiger partial charge in [-0.25, -0.2) is 4.79 Å². The number of carboxylic acid groups (broad SMARTS) is 1. The van der Waals surface area contributed by atoms with Gasteiger partial charge in [0.1, 0.15) is 12.1 Å². The van der Waals surface area contributed by atoms with Crippen LogP contribution in [0.4, 0.5) is 4.79 Å². The molecule has 2 N–H and O–H groups in total. The zero-order chi connectivity index (χ0) is 24.5. The standard InChI is InChI=1S/C27H32N2O5/c1-4-27(3,25(32)29-14-17(2)18(15-29)13-24(30)31)28-26(33)34-16-23-21-11-7-5-9-19(21)20-10-6-8-12-22(20)23/h5-12,17-18,23H,4,13-16H2,1-3H3,(H,28,33)(H,30,31). The van der Waals surface area contributed by atoms with Crippen molar-refractivity contribution >= 4 is 18.0 Å². The predicted octanol–water partition coefficient (Wildman–Crippen LogP) is 4.26. The van der Waals surface area contributed by atoms with Crippen LogP contribution in [0.15, 0.2) is 48.5 Å². The number of benzene rings is 2. The Kier molecular flexibility index (Phi) is 6.64. The van der Waals surface area contributed by atoms with E-state index in [0.29, 0.717) is 19.5 Å². The van der Waals surface area contributed by atoms with Gasteiger partial charge in [-0.15, -0.1) is 0 Å². The molecule has 0 radical (unpaired) electrons. The maximum atomic E-state index is 13.3. The van der Waals surface area contributed by atoms with Crippen molar-refractivity contribution in [2.75, 3.05) is 19.7 Å². The van der Waals surface area contributed by atoms with Gasteiger partial charge in [-0.3, -0.25) is 9.59 Å². The first kappa shape index (κ1) is 23.8. The van der Waals surface area contributed by atoms with Gasteiger partial charge in [0.15, 0.2) is 0 Å². The summed E-state index contributed by atoms with van der Waals surface area (Å²) in [5, 5.41) is 11.9. The lowest BCUT2D eigenvalue weighted by molar-refractivity contribution is -0.139. The van der Waals surface area contributed by atoms with Crippen molar-refractivity contribution in [2.45, 2.75) is 45.1 Å². The lowest BCUT2D eigenvalue weighted by atomic mass is 9.95. The fourth-order valence-electron chi connectivity index (χ4n) is 5.19. The van der Waals surface area contributed by atoms with Gasteiger partial charge in [-0.1, -0.05) is 62.4 Å². The number of alkyl carbamates (subject to hydrolysis) is 1. The van der Waals surface area contributed by atoms with Gasteiger partial charge in [0.05, 0.1) is 6.42 Å². The zero-order valence-corrected chi connectivity index (χ0v) is 19.9. The minimum absolute atomic E-state index is 0.0353. The lowest BCUT2D eigenvalue weighted by Gasteiger charge is -2.32. The molecule has 1 aliphatic carbocycles. The van der Waals surface area contributed by atoms with Crippen LogP contribution in [0.1, 0.15) is 50.7 Å². The fraction of sp³-hybridized carbons (Fsp3) is 0.444. The first-order valence-corrected chi connectivity index (χ1v) is 11.9. The number of fused-ring (bicyclic) bond motifs is 3. The third kappa shape index (κ3) is 4.52. The van der Waals surface area contributed by atoms with Gasteiger partial charge < -0.3 is 20.1 Å². The Labute approximate surface area is 200 Å². The van der Waals surface area contributed by atoms with E-state index in [0.717, 1.165) is 22.3 Å². The summed E-state index contributed by atoms with van der Waals surface area (Å²) in [6, 6.07) is 16.3. The zero-order valence-electron chi connectivity index (χ0n) is 19.9. The number of aliphatic carboxylic acids is 1. The van der Waals surface area contributed by atoms with Crippen LogP contribution in [0.5, 0.6) is 0 Å². The minimum Gasteiger partial charge on any atom is -0.481 e. The molecule has 4 rings (SSSR count). The Hall–Kier alpha value is -3.35. The van der Waals surface area contributed by atoms with E-state index in [1.165, 1.54) is 0 Å². The second kappa shape index (κ2) is 9.49. The first-order chi connectivity index (χ1) is 16.2. The highest BCUT2D eigenvalue weighted by atomic mass is 16.5. The van der Waals surface area contributed by atoms with Gasteiger partial charge in [-0.2, -0.15) is 0 Å². The molecule has 0 spiro atoms. The second-order valence-electron chi connectivity index (χ2n) is 9.68. The number of nitrogens with one attached hydrogen (secondary N) is 1. The van der Waals surface area contributed by atoms with E-state index in [4.69, 9.17) is 9.84 Å². The number of carbonyl (C=O) groups is 3. The van der Waals surface area contributed by atoms with E-state index < -0.39 is 17.6 Å². The van der Waals surface area contributed by atoms with Crippen molar-refractivity contribution in [1.29, 1.82) is 0 Å². The highest BCUT2D eigenvalue weighted by Crippen LogP contribution is 2.44. The molecule has 0 saturated carbocycles. The highest BCUT2D eigenvalue weighted by Gasteiger charge is 2.42. The number of rotatable bonds is 7. The van der Waals surface area contributed by atoms with E-state index in [-0.39, 0.29) is 36.7 Å². The number of hydrogen-bond donors (Lipinski definition) is 2. The van der Waals surface area contributed by atoms with Crippen LogP contribution in [-0.4, -0.2) is 53.2 Å². The summed E-state index contributed by atoms with van der Waals surface area (Å²) in [6.45, 7) is 6.55. The smallest absolute Gasteiger partial charge is 0.408 e. The number of amides is 2. The molecule has 1 aliphatic heterocycles. The monoisotopic (exact) mass is 464 g/mol. The lowest BCUT2D eigenvalue weighted by Crippen LogP contribution is -2.57. The minimum atomic E-state index is -1.12. The Morgan fingerprint density at radius 2 is 1.65 bits per heavy atom. The third-order valence-corrected chi connectivity index (χ3v) is 7.39. The van der Waals surface area contributed by atoms with Crippen LogP contribution in [0.2, 0.25) is 0 Å². The third-order valence-electron chi connectivity index (χ3n) is 7.39. The SMILES string of the molecule is CCC(C)(NC(=O)OCC1c2ccccc2-c2ccccc21)C(=O)N1CC(C)C(CC(=O)O)C1. The van der Waals surface area contributed by atoms with Gasteiger partial charge in [0.2, 0.25) is 5.91 Å². The molecule has 0 aromatic heterocycles. The van der Waals surface area contributed by atoms with Crippen LogP contribution in [0, 0.1) is 11.8 Å². The molecule has 2 aromatic carbocycles. The van der Waals surface area contributed by atoms with Crippen LogP contribution in [0.3, 0.4) is 0 Å². The van der Waals surface area contributed by atoms with Crippen molar-refractivity contribution in [3.63, 3.8) is 0 Å². The molecule has 2 amide bonds.